The molecule has 0 aliphatic rings. The van der Waals surface area contributed by atoms with Crippen molar-refractivity contribution >= 4 is 32.5 Å². The summed E-state index contributed by atoms with van der Waals surface area (Å²) in [7, 11) is -3.73. The number of carbonyl (C=O) groups is 1. The first-order valence-corrected chi connectivity index (χ1v) is 9.57. The summed E-state index contributed by atoms with van der Waals surface area (Å²) >= 11 is 0. The van der Waals surface area contributed by atoms with Crippen molar-refractivity contribution in [2.75, 3.05) is 5.32 Å². The van der Waals surface area contributed by atoms with Crippen LogP contribution in [-0.4, -0.2) is 14.4 Å². The highest BCUT2D eigenvalue weighted by atomic mass is 32.2. The van der Waals surface area contributed by atoms with E-state index in [1.165, 1.54) is 12.1 Å². The molecule has 134 valence electrons. The molecule has 2 amide bonds. The van der Waals surface area contributed by atoms with Crippen LogP contribution < -0.4 is 15.8 Å². The molecule has 0 spiro atoms. The van der Waals surface area contributed by atoms with E-state index in [4.69, 9.17) is 5.14 Å². The molecule has 4 N–H and O–H groups in total. The van der Waals surface area contributed by atoms with Gasteiger partial charge in [-0.25, -0.2) is 18.4 Å². The van der Waals surface area contributed by atoms with Crippen LogP contribution in [0.2, 0.25) is 0 Å². The summed E-state index contributed by atoms with van der Waals surface area (Å²) in [5, 5.41) is 12.8. The number of hydrogen-bond acceptors (Lipinski definition) is 3. The van der Waals surface area contributed by atoms with Crippen LogP contribution in [0.5, 0.6) is 0 Å². The van der Waals surface area contributed by atoms with E-state index in [-0.39, 0.29) is 17.0 Å². The molecule has 0 saturated carbocycles. The van der Waals surface area contributed by atoms with Crippen LogP contribution >= 0.6 is 0 Å². The number of anilines is 1. The molecule has 0 aliphatic heterocycles. The number of fused-ring (bicyclic) bond motifs is 1. The molecular formula is C19H19N3O3S. The number of sulfonamides is 1. The first-order valence-electron chi connectivity index (χ1n) is 8.02. The third-order valence-corrected chi connectivity index (χ3v) is 4.99. The summed E-state index contributed by atoms with van der Waals surface area (Å²) < 4.78 is 22.6. The van der Waals surface area contributed by atoms with Crippen LogP contribution in [0.3, 0.4) is 0 Å². The highest BCUT2D eigenvalue weighted by Gasteiger charge is 2.12. The lowest BCUT2D eigenvalue weighted by Gasteiger charge is -2.15. The van der Waals surface area contributed by atoms with Crippen molar-refractivity contribution in [1.29, 1.82) is 0 Å². The number of carbonyl (C=O) groups excluding carboxylic acids is 1. The second-order valence-corrected chi connectivity index (χ2v) is 7.56. The lowest BCUT2D eigenvalue weighted by Crippen LogP contribution is -2.31. The quantitative estimate of drug-likeness (QED) is 0.657. The normalized spacial score (nSPS) is 12.5. The predicted octanol–water partition coefficient (Wildman–Crippen LogP) is 3.37. The van der Waals surface area contributed by atoms with Gasteiger partial charge in [0.25, 0.3) is 0 Å². The fraction of sp³-hybridized carbons (Fsp3) is 0.105. The second kappa shape index (κ2) is 7.15. The minimum Gasteiger partial charge on any atom is -0.331 e. The molecule has 3 aromatic rings. The molecule has 26 heavy (non-hydrogen) atoms. The molecule has 6 nitrogen and oxygen atoms in total. The van der Waals surface area contributed by atoms with Crippen molar-refractivity contribution in [2.24, 2.45) is 5.14 Å². The molecule has 3 aromatic carbocycles. The lowest BCUT2D eigenvalue weighted by molar-refractivity contribution is 0.249. The topological polar surface area (TPSA) is 101 Å². The Kier molecular flexibility index (Phi) is 4.92. The Balaban J connectivity index is 1.66. The van der Waals surface area contributed by atoms with Gasteiger partial charge in [-0.3, -0.25) is 0 Å². The Labute approximate surface area is 152 Å². The minimum absolute atomic E-state index is 0.0362. The first kappa shape index (κ1) is 17.9. The van der Waals surface area contributed by atoms with Crippen molar-refractivity contribution < 1.29 is 13.2 Å². The first-order chi connectivity index (χ1) is 12.3. The fourth-order valence-corrected chi connectivity index (χ4v) is 3.18. The van der Waals surface area contributed by atoms with E-state index < -0.39 is 10.0 Å². The fourth-order valence-electron chi connectivity index (χ4n) is 2.66. The molecule has 0 aliphatic carbocycles. The van der Waals surface area contributed by atoms with Gasteiger partial charge in [0.1, 0.15) is 0 Å². The van der Waals surface area contributed by atoms with Crippen molar-refractivity contribution in [2.45, 2.75) is 17.9 Å². The summed E-state index contributed by atoms with van der Waals surface area (Å²) in [4.78, 5) is 12.3. The average Bonchev–Trinajstić information content (AvgIpc) is 2.61. The van der Waals surface area contributed by atoms with Gasteiger partial charge in [0.2, 0.25) is 10.0 Å². The molecule has 0 fully saturated rings. The third kappa shape index (κ3) is 4.19. The zero-order valence-electron chi connectivity index (χ0n) is 14.1. The van der Waals surface area contributed by atoms with Crippen molar-refractivity contribution in [1.82, 2.24) is 5.32 Å². The van der Waals surface area contributed by atoms with Crippen LogP contribution in [0.25, 0.3) is 10.8 Å². The number of nitrogens with two attached hydrogens (primary N) is 1. The summed E-state index contributed by atoms with van der Waals surface area (Å²) in [5.74, 6) is 0. The number of hydrogen-bond donors (Lipinski definition) is 3. The molecular weight excluding hydrogens is 350 g/mol. The Morgan fingerprint density at radius 2 is 1.62 bits per heavy atom. The maximum atomic E-state index is 12.2. The molecule has 0 aromatic heterocycles. The van der Waals surface area contributed by atoms with E-state index in [9.17, 15) is 13.2 Å². The Hall–Kier alpha value is -2.90. The zero-order valence-corrected chi connectivity index (χ0v) is 15.0. The number of benzene rings is 3. The van der Waals surface area contributed by atoms with Crippen LogP contribution in [0.15, 0.2) is 71.6 Å². The highest BCUT2D eigenvalue weighted by Crippen LogP contribution is 2.19. The van der Waals surface area contributed by atoms with Crippen molar-refractivity contribution in [3.05, 3.63) is 72.3 Å². The van der Waals surface area contributed by atoms with Gasteiger partial charge in [0.15, 0.2) is 0 Å². The van der Waals surface area contributed by atoms with Gasteiger partial charge in [-0.05, 0) is 47.5 Å². The minimum atomic E-state index is -3.73. The van der Waals surface area contributed by atoms with E-state index in [2.05, 4.69) is 10.6 Å². The van der Waals surface area contributed by atoms with Crippen LogP contribution in [0, 0.1) is 0 Å². The van der Waals surface area contributed by atoms with Gasteiger partial charge in [-0.2, -0.15) is 0 Å². The Morgan fingerprint density at radius 3 is 2.27 bits per heavy atom. The van der Waals surface area contributed by atoms with Crippen LogP contribution in [0.1, 0.15) is 18.5 Å². The van der Waals surface area contributed by atoms with Crippen molar-refractivity contribution in [3.63, 3.8) is 0 Å². The number of urea groups is 1. The average molecular weight is 369 g/mol. The standard InChI is InChI=1S/C19H19N3O3S/c1-13(14-7-10-18(11-8-14)26(20,24)25)21-19(23)22-17-9-6-15-4-2-3-5-16(15)12-17/h2-13H,1H3,(H2,20,24,25)(H2,21,22,23). The summed E-state index contributed by atoms with van der Waals surface area (Å²) in [5.41, 5.74) is 1.46. The van der Waals surface area contributed by atoms with Gasteiger partial charge < -0.3 is 10.6 Å². The highest BCUT2D eigenvalue weighted by molar-refractivity contribution is 7.89. The largest absolute Gasteiger partial charge is 0.331 e. The van der Waals surface area contributed by atoms with E-state index in [0.717, 1.165) is 16.3 Å². The number of primary sulfonamides is 1. The summed E-state index contributed by atoms with van der Waals surface area (Å²) in [6.07, 6.45) is 0. The van der Waals surface area contributed by atoms with Gasteiger partial charge in [0.05, 0.1) is 10.9 Å². The van der Waals surface area contributed by atoms with E-state index in [1.54, 1.807) is 12.1 Å². The van der Waals surface area contributed by atoms with Gasteiger partial charge in [-0.15, -0.1) is 0 Å². The van der Waals surface area contributed by atoms with Crippen molar-refractivity contribution in [3.8, 4) is 0 Å². The SMILES string of the molecule is CC(NC(=O)Nc1ccc2ccccc2c1)c1ccc(S(N)(=O)=O)cc1. The maximum absolute atomic E-state index is 12.2. The van der Waals surface area contributed by atoms with E-state index >= 15 is 0 Å². The third-order valence-electron chi connectivity index (χ3n) is 4.06. The van der Waals surface area contributed by atoms with E-state index in [0.29, 0.717) is 5.69 Å². The number of nitrogens with one attached hydrogen (secondary N) is 2. The number of amides is 2. The smallest absolute Gasteiger partial charge is 0.319 e. The molecule has 0 saturated heterocycles. The lowest BCUT2D eigenvalue weighted by atomic mass is 10.1. The molecule has 1 atom stereocenters. The van der Waals surface area contributed by atoms with Gasteiger partial charge >= 0.3 is 6.03 Å². The van der Waals surface area contributed by atoms with Crippen LogP contribution in [0.4, 0.5) is 10.5 Å². The summed E-state index contributed by atoms with van der Waals surface area (Å²) in [6, 6.07) is 19.0. The molecule has 0 heterocycles. The maximum Gasteiger partial charge on any atom is 0.319 e. The Bertz CT molecular complexity index is 1050. The van der Waals surface area contributed by atoms with Gasteiger partial charge in [-0.1, -0.05) is 42.5 Å². The summed E-state index contributed by atoms with van der Waals surface area (Å²) in [6.45, 7) is 1.81. The van der Waals surface area contributed by atoms with E-state index in [1.807, 2.05) is 49.4 Å². The number of rotatable bonds is 4. The monoisotopic (exact) mass is 369 g/mol. The molecule has 0 bridgehead atoms. The Morgan fingerprint density at radius 1 is 0.962 bits per heavy atom. The molecule has 1 unspecified atom stereocenters. The molecule has 3 rings (SSSR count). The van der Waals surface area contributed by atoms with Gasteiger partial charge in [0, 0.05) is 5.69 Å². The zero-order chi connectivity index (χ0) is 18.7. The predicted molar refractivity (Wildman–Crippen MR) is 102 cm³/mol. The molecule has 0 radical (unpaired) electrons. The van der Waals surface area contributed by atoms with Crippen LogP contribution in [-0.2, 0) is 10.0 Å². The second-order valence-electron chi connectivity index (χ2n) is 6.00. The molecule has 7 heteroatoms.